The van der Waals surface area contributed by atoms with Crippen LogP contribution in [0, 0.1) is 13.8 Å². The number of ether oxygens (including phenoxy) is 1. The maximum atomic E-state index is 12.6. The number of aromatic nitrogens is 6. The minimum Gasteiger partial charge on any atom is -0.489 e. The Morgan fingerprint density at radius 1 is 1.00 bits per heavy atom. The molecule has 0 unspecified atom stereocenters. The van der Waals surface area contributed by atoms with Crippen LogP contribution in [0.2, 0.25) is 0 Å². The number of aryl methyl sites for hydroxylation is 2. The second-order valence-corrected chi connectivity index (χ2v) is 8.72. The van der Waals surface area contributed by atoms with Gasteiger partial charge < -0.3 is 10.1 Å². The Morgan fingerprint density at radius 2 is 1.80 bits per heavy atom. The molecule has 1 aliphatic rings. The molecule has 1 N–H and O–H groups in total. The quantitative estimate of drug-likeness (QED) is 0.422. The number of nitrogens with zero attached hydrogens (tertiary/aromatic N) is 6. The highest BCUT2D eigenvalue weighted by Crippen LogP contribution is 2.38. The Labute approximate surface area is 201 Å². The van der Waals surface area contributed by atoms with E-state index in [4.69, 9.17) is 4.74 Å². The number of hydrogen-bond donors (Lipinski definition) is 1. The molecule has 0 saturated heterocycles. The van der Waals surface area contributed by atoms with Crippen molar-refractivity contribution >= 4 is 17.4 Å². The van der Waals surface area contributed by atoms with Gasteiger partial charge in [0.25, 0.3) is 0 Å². The fraction of sp³-hybridized carbons (Fsp3) is 0.192. The van der Waals surface area contributed by atoms with Crippen LogP contribution in [0.15, 0.2) is 66.9 Å². The number of nitrogens with one attached hydrogen (secondary N) is 1. The largest absolute Gasteiger partial charge is 0.489 e. The van der Waals surface area contributed by atoms with Crippen molar-refractivity contribution in [1.29, 1.82) is 0 Å². The molecule has 9 heteroatoms. The van der Waals surface area contributed by atoms with Gasteiger partial charge in [-0.3, -0.25) is 4.79 Å². The lowest BCUT2D eigenvalue weighted by atomic mass is 9.87. The summed E-state index contributed by atoms with van der Waals surface area (Å²) in [6.07, 6.45) is 2.14. The standard InChI is InChI=1S/C26H23N7O2/c1-16-3-5-18(6-4-16)15-35-20-9-7-19(8-10-20)21-13-25(34)28-26-22(21)14-27-33(26)24-12-11-23-30-29-17(2)32(23)31-24/h3-12,14,21H,13,15H2,1-2H3,(H,28,34)/t21-/m0/s1. The van der Waals surface area contributed by atoms with Crippen molar-refractivity contribution in [3.05, 3.63) is 94.9 Å². The number of benzene rings is 2. The average molecular weight is 466 g/mol. The lowest BCUT2D eigenvalue weighted by Crippen LogP contribution is -2.24. The van der Waals surface area contributed by atoms with E-state index in [1.165, 1.54) is 5.56 Å². The maximum absolute atomic E-state index is 12.6. The summed E-state index contributed by atoms with van der Waals surface area (Å²) in [5.74, 6) is 2.48. The van der Waals surface area contributed by atoms with Gasteiger partial charge in [0.15, 0.2) is 17.3 Å². The fourth-order valence-corrected chi connectivity index (χ4v) is 4.34. The molecule has 35 heavy (non-hydrogen) atoms. The molecule has 1 aliphatic heterocycles. The van der Waals surface area contributed by atoms with E-state index >= 15 is 0 Å². The van der Waals surface area contributed by atoms with E-state index in [1.54, 1.807) is 15.4 Å². The number of carbonyl (C=O) groups is 1. The van der Waals surface area contributed by atoms with E-state index in [0.29, 0.717) is 36.1 Å². The molecule has 0 radical (unpaired) electrons. The summed E-state index contributed by atoms with van der Waals surface area (Å²) in [7, 11) is 0. The fourth-order valence-electron chi connectivity index (χ4n) is 4.34. The third-order valence-corrected chi connectivity index (χ3v) is 6.25. The van der Waals surface area contributed by atoms with E-state index in [2.05, 4.69) is 56.9 Å². The molecule has 174 valence electrons. The van der Waals surface area contributed by atoms with Gasteiger partial charge in [-0.2, -0.15) is 14.3 Å². The molecule has 4 heterocycles. The van der Waals surface area contributed by atoms with Crippen molar-refractivity contribution in [2.24, 2.45) is 0 Å². The van der Waals surface area contributed by atoms with Gasteiger partial charge >= 0.3 is 0 Å². The summed E-state index contributed by atoms with van der Waals surface area (Å²) in [6, 6.07) is 19.9. The molecule has 2 aromatic carbocycles. The van der Waals surface area contributed by atoms with E-state index < -0.39 is 0 Å². The SMILES string of the molecule is Cc1ccc(COc2ccc([C@@H]3CC(=O)Nc4c3cnn4-c3ccc4nnc(C)n4n3)cc2)cc1. The first kappa shape index (κ1) is 21.0. The van der Waals surface area contributed by atoms with Crippen LogP contribution in [0.25, 0.3) is 11.5 Å². The monoisotopic (exact) mass is 465 g/mol. The molecule has 0 saturated carbocycles. The normalized spacial score (nSPS) is 15.1. The van der Waals surface area contributed by atoms with Crippen molar-refractivity contribution in [3.8, 4) is 11.6 Å². The molecule has 0 bridgehead atoms. The molecule has 1 amide bonds. The highest BCUT2D eigenvalue weighted by molar-refractivity contribution is 5.94. The second kappa shape index (κ2) is 8.35. The zero-order valence-corrected chi connectivity index (χ0v) is 19.3. The first-order valence-electron chi connectivity index (χ1n) is 11.4. The lowest BCUT2D eigenvalue weighted by molar-refractivity contribution is -0.116. The van der Waals surface area contributed by atoms with Crippen LogP contribution < -0.4 is 10.1 Å². The lowest BCUT2D eigenvalue weighted by Gasteiger charge is -2.23. The summed E-state index contributed by atoms with van der Waals surface area (Å²) in [6.45, 7) is 4.41. The predicted molar refractivity (Wildman–Crippen MR) is 130 cm³/mol. The number of carbonyl (C=O) groups excluding carboxylic acids is 1. The van der Waals surface area contributed by atoms with Gasteiger partial charge in [-0.25, -0.2) is 0 Å². The Morgan fingerprint density at radius 3 is 2.60 bits per heavy atom. The number of amides is 1. The molecule has 3 aromatic heterocycles. The van der Waals surface area contributed by atoms with Gasteiger partial charge in [-0.1, -0.05) is 42.0 Å². The van der Waals surface area contributed by atoms with Gasteiger partial charge in [0.2, 0.25) is 5.91 Å². The van der Waals surface area contributed by atoms with Crippen LogP contribution in [0.5, 0.6) is 5.75 Å². The Kier molecular flexibility index (Phi) is 5.02. The van der Waals surface area contributed by atoms with Crippen LogP contribution in [0.3, 0.4) is 0 Å². The minimum absolute atomic E-state index is 0.0643. The number of fused-ring (bicyclic) bond motifs is 2. The van der Waals surface area contributed by atoms with Crippen molar-refractivity contribution in [2.45, 2.75) is 32.8 Å². The molecular weight excluding hydrogens is 442 g/mol. The Balaban J connectivity index is 1.26. The minimum atomic E-state index is -0.112. The van der Waals surface area contributed by atoms with Gasteiger partial charge in [-0.15, -0.1) is 15.3 Å². The van der Waals surface area contributed by atoms with Crippen LogP contribution in [-0.2, 0) is 11.4 Å². The zero-order valence-electron chi connectivity index (χ0n) is 19.3. The first-order chi connectivity index (χ1) is 17.0. The molecule has 9 nitrogen and oxygen atoms in total. The second-order valence-electron chi connectivity index (χ2n) is 8.72. The highest BCUT2D eigenvalue weighted by Gasteiger charge is 2.30. The third-order valence-electron chi connectivity index (χ3n) is 6.25. The van der Waals surface area contributed by atoms with Crippen molar-refractivity contribution in [2.75, 3.05) is 5.32 Å². The molecule has 0 fully saturated rings. The summed E-state index contributed by atoms with van der Waals surface area (Å²) >= 11 is 0. The van der Waals surface area contributed by atoms with Crippen LogP contribution in [-0.4, -0.2) is 35.5 Å². The summed E-state index contributed by atoms with van der Waals surface area (Å²) in [5.41, 5.74) is 4.97. The van der Waals surface area contributed by atoms with E-state index in [0.717, 1.165) is 22.4 Å². The summed E-state index contributed by atoms with van der Waals surface area (Å²) in [4.78, 5) is 12.6. The van der Waals surface area contributed by atoms with E-state index in [-0.39, 0.29) is 11.8 Å². The summed E-state index contributed by atoms with van der Waals surface area (Å²) < 4.78 is 9.25. The van der Waals surface area contributed by atoms with Crippen LogP contribution >= 0.6 is 0 Å². The van der Waals surface area contributed by atoms with Crippen molar-refractivity contribution in [3.63, 3.8) is 0 Å². The molecule has 5 aromatic rings. The van der Waals surface area contributed by atoms with E-state index in [1.807, 2.05) is 43.3 Å². The number of anilines is 1. The number of hydrogen-bond acceptors (Lipinski definition) is 6. The highest BCUT2D eigenvalue weighted by atomic mass is 16.5. The Bertz CT molecular complexity index is 1530. The van der Waals surface area contributed by atoms with Gasteiger partial charge in [0, 0.05) is 17.9 Å². The van der Waals surface area contributed by atoms with Crippen LogP contribution in [0.4, 0.5) is 5.82 Å². The smallest absolute Gasteiger partial charge is 0.226 e. The average Bonchev–Trinajstić information content (AvgIpc) is 3.47. The van der Waals surface area contributed by atoms with Gasteiger partial charge in [0.05, 0.1) is 6.20 Å². The molecule has 0 aliphatic carbocycles. The topological polar surface area (TPSA) is 99.2 Å². The maximum Gasteiger partial charge on any atom is 0.226 e. The summed E-state index contributed by atoms with van der Waals surface area (Å²) in [5, 5.41) is 20.2. The first-order valence-corrected chi connectivity index (χ1v) is 11.4. The molecule has 0 spiro atoms. The van der Waals surface area contributed by atoms with E-state index in [9.17, 15) is 4.79 Å². The van der Waals surface area contributed by atoms with Crippen molar-refractivity contribution in [1.82, 2.24) is 29.6 Å². The van der Waals surface area contributed by atoms with Gasteiger partial charge in [0.1, 0.15) is 18.2 Å². The third kappa shape index (κ3) is 3.90. The van der Waals surface area contributed by atoms with Gasteiger partial charge in [-0.05, 0) is 49.2 Å². The number of rotatable bonds is 5. The predicted octanol–water partition coefficient (Wildman–Crippen LogP) is 3.98. The molecular formula is C26H23N7O2. The Hall–Kier alpha value is -4.53. The zero-order chi connectivity index (χ0) is 23.9. The van der Waals surface area contributed by atoms with Crippen molar-refractivity contribution < 1.29 is 9.53 Å². The molecule has 1 atom stereocenters. The molecule has 6 rings (SSSR count). The van der Waals surface area contributed by atoms with Crippen LogP contribution in [0.1, 0.15) is 40.4 Å².